The lowest BCUT2D eigenvalue weighted by atomic mass is 9.78. The second-order valence-corrected chi connectivity index (χ2v) is 10.9. The summed E-state index contributed by atoms with van der Waals surface area (Å²) in [5, 5.41) is 19.5. The van der Waals surface area contributed by atoms with E-state index in [0.717, 1.165) is 16.7 Å². The normalized spacial score (nSPS) is 14.2. The molecule has 0 saturated carbocycles. The average Bonchev–Trinajstić information content (AvgIpc) is 3.05. The van der Waals surface area contributed by atoms with Crippen LogP contribution in [0.4, 0.5) is 0 Å². The molecule has 1 aromatic heterocycles. The average molecular weight is 479 g/mol. The van der Waals surface area contributed by atoms with Crippen molar-refractivity contribution in [3.8, 4) is 5.75 Å². The maximum absolute atomic E-state index is 13.4. The number of amidine groups is 1. The van der Waals surface area contributed by atoms with Crippen molar-refractivity contribution in [2.24, 2.45) is 5.73 Å². The molecule has 1 amide bonds. The summed E-state index contributed by atoms with van der Waals surface area (Å²) in [6, 6.07) is 7.05. The van der Waals surface area contributed by atoms with Gasteiger partial charge >= 0.3 is 0 Å². The summed E-state index contributed by atoms with van der Waals surface area (Å²) in [4.78, 5) is 30.9. The van der Waals surface area contributed by atoms with Gasteiger partial charge in [0.25, 0.3) is 5.91 Å². The molecule has 0 fully saturated rings. The Morgan fingerprint density at radius 3 is 2.20 bits per heavy atom. The molecule has 8 heteroatoms. The van der Waals surface area contributed by atoms with E-state index in [4.69, 9.17) is 15.9 Å². The van der Waals surface area contributed by atoms with Crippen LogP contribution < -0.4 is 5.73 Å². The number of benzene rings is 1. The number of aromatic hydroxyl groups is 1. The van der Waals surface area contributed by atoms with Crippen molar-refractivity contribution >= 4 is 23.6 Å². The molecule has 1 aromatic carbocycles. The van der Waals surface area contributed by atoms with E-state index in [1.165, 1.54) is 13.2 Å². The molecule has 2 aromatic rings. The number of phenols is 1. The molecule has 186 valence electrons. The van der Waals surface area contributed by atoms with Crippen molar-refractivity contribution in [1.29, 1.82) is 5.41 Å². The lowest BCUT2D eigenvalue weighted by molar-refractivity contribution is -0.117. The SMILES string of the molecule is CO/C(=C\c1ccc2c(n1)C(=N)N(CC(=O)c1cc(C(C)(C)C)c(O)c(C(C)(C)C)c1)C2)C(N)=O. The number of amides is 1. The molecule has 1 aliphatic rings. The number of nitrogens with zero attached hydrogens (tertiary/aromatic N) is 2. The highest BCUT2D eigenvalue weighted by Gasteiger charge is 2.31. The third kappa shape index (κ3) is 5.37. The van der Waals surface area contributed by atoms with Crippen LogP contribution in [0.25, 0.3) is 6.08 Å². The lowest BCUT2D eigenvalue weighted by Crippen LogP contribution is -2.31. The Hall–Kier alpha value is -3.68. The number of carbonyl (C=O) groups excluding carboxylic acids is 2. The minimum Gasteiger partial charge on any atom is -0.507 e. The van der Waals surface area contributed by atoms with Crippen LogP contribution in [0.2, 0.25) is 0 Å². The van der Waals surface area contributed by atoms with Gasteiger partial charge in [-0.25, -0.2) is 4.98 Å². The van der Waals surface area contributed by atoms with E-state index in [-0.39, 0.29) is 40.5 Å². The lowest BCUT2D eigenvalue weighted by Gasteiger charge is -2.28. The van der Waals surface area contributed by atoms with Crippen molar-refractivity contribution in [1.82, 2.24) is 9.88 Å². The molecule has 8 nitrogen and oxygen atoms in total. The van der Waals surface area contributed by atoms with Crippen LogP contribution >= 0.6 is 0 Å². The van der Waals surface area contributed by atoms with E-state index in [0.29, 0.717) is 23.5 Å². The molecule has 0 bridgehead atoms. The van der Waals surface area contributed by atoms with Crippen LogP contribution in [0, 0.1) is 5.41 Å². The molecule has 1 aliphatic heterocycles. The maximum atomic E-state index is 13.4. The van der Waals surface area contributed by atoms with Gasteiger partial charge in [0, 0.05) is 34.9 Å². The minimum absolute atomic E-state index is 0.00289. The number of fused-ring (bicyclic) bond motifs is 1. The van der Waals surface area contributed by atoms with Crippen molar-refractivity contribution in [3.63, 3.8) is 0 Å². The number of aromatic nitrogens is 1. The molecule has 0 atom stereocenters. The van der Waals surface area contributed by atoms with Gasteiger partial charge < -0.3 is 20.5 Å². The number of ether oxygens (including phenoxy) is 1. The second kappa shape index (κ2) is 9.17. The first-order valence-electron chi connectivity index (χ1n) is 11.4. The van der Waals surface area contributed by atoms with Crippen molar-refractivity contribution in [3.05, 3.63) is 63.7 Å². The number of phenolic OH excluding ortho intramolecular Hbond substituents is 1. The highest BCUT2D eigenvalue weighted by molar-refractivity contribution is 6.04. The van der Waals surface area contributed by atoms with Gasteiger partial charge in [-0.2, -0.15) is 0 Å². The Morgan fingerprint density at radius 1 is 1.14 bits per heavy atom. The number of ketones is 1. The Balaban J connectivity index is 1.90. The van der Waals surface area contributed by atoms with Crippen molar-refractivity contribution < 1.29 is 19.4 Å². The zero-order chi connectivity index (χ0) is 26.3. The van der Waals surface area contributed by atoms with Crippen LogP contribution in [0.15, 0.2) is 30.0 Å². The van der Waals surface area contributed by atoms with E-state index in [1.807, 2.05) is 47.6 Å². The third-order valence-corrected chi connectivity index (χ3v) is 6.03. The highest BCUT2D eigenvalue weighted by Crippen LogP contribution is 2.40. The number of Topliss-reactive ketones (excluding diaryl/α,β-unsaturated/α-hetero) is 1. The molecule has 3 rings (SSSR count). The van der Waals surface area contributed by atoms with E-state index < -0.39 is 5.91 Å². The summed E-state index contributed by atoms with van der Waals surface area (Å²) in [7, 11) is 1.35. The van der Waals surface area contributed by atoms with E-state index >= 15 is 0 Å². The number of nitrogens with one attached hydrogen (secondary N) is 1. The fourth-order valence-corrected chi connectivity index (χ4v) is 4.05. The first kappa shape index (κ1) is 25.9. The van der Waals surface area contributed by atoms with Gasteiger partial charge in [-0.05, 0) is 29.0 Å². The number of hydrogen-bond donors (Lipinski definition) is 3. The van der Waals surface area contributed by atoms with Gasteiger partial charge in [-0.15, -0.1) is 0 Å². The van der Waals surface area contributed by atoms with Crippen LogP contribution in [-0.2, 0) is 26.9 Å². The molecule has 35 heavy (non-hydrogen) atoms. The van der Waals surface area contributed by atoms with E-state index in [1.54, 1.807) is 23.1 Å². The van der Waals surface area contributed by atoms with Crippen LogP contribution in [0.1, 0.15) is 80.0 Å². The zero-order valence-corrected chi connectivity index (χ0v) is 21.4. The monoisotopic (exact) mass is 478 g/mol. The fraction of sp³-hybridized carbons (Fsp3) is 0.407. The highest BCUT2D eigenvalue weighted by atomic mass is 16.5. The summed E-state index contributed by atoms with van der Waals surface area (Å²) in [5.74, 6) is -0.540. The number of methoxy groups -OCH3 is 1. The Morgan fingerprint density at radius 2 is 1.71 bits per heavy atom. The van der Waals surface area contributed by atoms with Crippen molar-refractivity contribution in [2.75, 3.05) is 13.7 Å². The topological polar surface area (TPSA) is 130 Å². The summed E-state index contributed by atoms with van der Waals surface area (Å²) < 4.78 is 4.98. The molecular formula is C27H34N4O4. The predicted octanol–water partition coefficient (Wildman–Crippen LogP) is 3.88. The number of rotatable bonds is 6. The van der Waals surface area contributed by atoms with E-state index in [2.05, 4.69) is 4.98 Å². The first-order valence-corrected chi connectivity index (χ1v) is 11.4. The fourth-order valence-electron chi connectivity index (χ4n) is 4.05. The minimum atomic E-state index is -0.713. The molecule has 0 aliphatic carbocycles. The summed E-state index contributed by atoms with van der Waals surface area (Å²) in [6.45, 7) is 12.4. The van der Waals surface area contributed by atoms with Crippen LogP contribution in [0.3, 0.4) is 0 Å². The van der Waals surface area contributed by atoms with Gasteiger partial charge in [0.1, 0.15) is 17.3 Å². The van der Waals surface area contributed by atoms with Gasteiger partial charge in [-0.3, -0.25) is 15.0 Å². The van der Waals surface area contributed by atoms with Gasteiger partial charge in [0.2, 0.25) is 0 Å². The molecule has 0 unspecified atom stereocenters. The number of primary amides is 1. The molecule has 0 spiro atoms. The summed E-state index contributed by atoms with van der Waals surface area (Å²) >= 11 is 0. The van der Waals surface area contributed by atoms with Crippen molar-refractivity contribution in [2.45, 2.75) is 58.9 Å². The molecular weight excluding hydrogens is 444 g/mol. The smallest absolute Gasteiger partial charge is 0.283 e. The summed E-state index contributed by atoms with van der Waals surface area (Å²) in [5.41, 5.74) is 8.22. The molecule has 2 heterocycles. The number of pyridine rings is 1. The number of hydrogen-bond acceptors (Lipinski definition) is 6. The molecule has 0 radical (unpaired) electrons. The van der Waals surface area contributed by atoms with E-state index in [9.17, 15) is 14.7 Å². The quantitative estimate of drug-likeness (QED) is 0.328. The summed E-state index contributed by atoms with van der Waals surface area (Å²) in [6.07, 6.45) is 1.42. The number of carbonyl (C=O) groups is 2. The molecule has 4 N–H and O–H groups in total. The number of nitrogens with two attached hydrogens (primary N) is 1. The third-order valence-electron chi connectivity index (χ3n) is 6.03. The second-order valence-electron chi connectivity index (χ2n) is 10.9. The maximum Gasteiger partial charge on any atom is 0.283 e. The van der Waals surface area contributed by atoms with Gasteiger partial charge in [-0.1, -0.05) is 47.6 Å². The standard InChI is InChI=1S/C27H34N4O4/c1-26(2,3)18-10-16(11-19(23(18)33)27(4,5)6)20(32)14-31-13-15-8-9-17(30-22(15)24(31)28)12-21(35-7)25(29)34/h8-12,28,33H,13-14H2,1-7H3,(H2,29,34)/b21-12-,28-24?. The Labute approximate surface area is 206 Å². The zero-order valence-electron chi connectivity index (χ0n) is 21.4. The first-order chi connectivity index (χ1) is 16.1. The Bertz CT molecular complexity index is 1200. The predicted molar refractivity (Wildman–Crippen MR) is 135 cm³/mol. The Kier molecular flexibility index (Phi) is 6.79. The van der Waals surface area contributed by atoms with Crippen LogP contribution in [-0.4, -0.2) is 46.2 Å². The van der Waals surface area contributed by atoms with Gasteiger partial charge in [0.05, 0.1) is 19.3 Å². The van der Waals surface area contributed by atoms with Gasteiger partial charge in [0.15, 0.2) is 11.5 Å². The molecule has 0 saturated heterocycles. The largest absolute Gasteiger partial charge is 0.507 e. The van der Waals surface area contributed by atoms with Crippen LogP contribution in [0.5, 0.6) is 5.75 Å².